The zero-order valence-electron chi connectivity index (χ0n) is 8.32. The summed E-state index contributed by atoms with van der Waals surface area (Å²) in [5.41, 5.74) is 0.607. The quantitative estimate of drug-likeness (QED) is 0.702. The Morgan fingerprint density at radius 2 is 2.07 bits per heavy atom. The Balaban J connectivity index is 2.18. The van der Waals surface area contributed by atoms with E-state index in [0.717, 1.165) is 29.4 Å². The normalized spacial score (nSPS) is 17.1. The molecule has 2 rings (SSSR count). The summed E-state index contributed by atoms with van der Waals surface area (Å²) in [7, 11) is 0. The number of carbonyl (C=O) groups excluding carboxylic acids is 1. The number of hydrogen-bond donors (Lipinski definition) is 0. The van der Waals surface area contributed by atoms with Gasteiger partial charge in [-0.1, -0.05) is 0 Å². The molecule has 0 amide bonds. The average molecular weight is 210 g/mol. The molecule has 76 valence electrons. The molecule has 14 heavy (non-hydrogen) atoms. The van der Waals surface area contributed by atoms with Gasteiger partial charge in [-0.2, -0.15) is 0 Å². The lowest BCUT2D eigenvalue weighted by Gasteiger charge is -2.25. The molecule has 0 saturated carbocycles. The van der Waals surface area contributed by atoms with Crippen LogP contribution in [0.4, 0.5) is 5.13 Å². The van der Waals surface area contributed by atoms with Crippen molar-refractivity contribution in [2.75, 3.05) is 18.0 Å². The largest absolute Gasteiger partial charge is 0.348 e. The summed E-state index contributed by atoms with van der Waals surface area (Å²) in [6, 6.07) is 0. The third kappa shape index (κ3) is 1.80. The third-order valence-corrected chi connectivity index (χ3v) is 3.61. The van der Waals surface area contributed by atoms with E-state index in [1.54, 1.807) is 11.3 Å². The van der Waals surface area contributed by atoms with Crippen LogP contribution in [0.15, 0.2) is 0 Å². The summed E-state index contributed by atoms with van der Waals surface area (Å²) in [5, 5.41) is 1.02. The molecular weight excluding hydrogens is 196 g/mol. The zero-order chi connectivity index (χ0) is 9.97. The highest BCUT2D eigenvalue weighted by molar-refractivity contribution is 7.15. The van der Waals surface area contributed by atoms with Crippen molar-refractivity contribution in [1.29, 1.82) is 0 Å². The number of rotatable bonds is 2. The van der Waals surface area contributed by atoms with Gasteiger partial charge in [0.05, 0.1) is 0 Å². The summed E-state index contributed by atoms with van der Waals surface area (Å²) in [5.74, 6) is 0. The van der Waals surface area contributed by atoms with Gasteiger partial charge in [0.1, 0.15) is 5.69 Å². The maximum Gasteiger partial charge on any atom is 0.186 e. The summed E-state index contributed by atoms with van der Waals surface area (Å²) in [6.07, 6.45) is 4.66. The molecule has 4 heteroatoms. The average Bonchev–Trinajstić information content (AvgIpc) is 2.61. The Morgan fingerprint density at radius 3 is 2.64 bits per heavy atom. The van der Waals surface area contributed by atoms with Gasteiger partial charge in [0.25, 0.3) is 0 Å². The molecule has 0 aliphatic carbocycles. The number of nitrogens with zero attached hydrogens (tertiary/aromatic N) is 2. The number of anilines is 1. The van der Waals surface area contributed by atoms with E-state index in [0.29, 0.717) is 5.69 Å². The van der Waals surface area contributed by atoms with E-state index in [-0.39, 0.29) is 0 Å². The van der Waals surface area contributed by atoms with Gasteiger partial charge in [0.15, 0.2) is 11.4 Å². The van der Waals surface area contributed by atoms with Crippen LogP contribution in [-0.2, 0) is 0 Å². The number of aromatic nitrogens is 1. The minimum Gasteiger partial charge on any atom is -0.348 e. The first kappa shape index (κ1) is 9.65. The molecule has 1 aromatic rings. The first-order valence-electron chi connectivity index (χ1n) is 4.99. The van der Waals surface area contributed by atoms with Crippen LogP contribution in [0.2, 0.25) is 0 Å². The fourth-order valence-electron chi connectivity index (χ4n) is 1.72. The monoisotopic (exact) mass is 210 g/mol. The first-order chi connectivity index (χ1) is 6.81. The second kappa shape index (κ2) is 4.09. The summed E-state index contributed by atoms with van der Waals surface area (Å²) in [4.78, 5) is 18.3. The molecule has 1 aliphatic heterocycles. The van der Waals surface area contributed by atoms with Crippen LogP contribution in [-0.4, -0.2) is 24.4 Å². The SMILES string of the molecule is Cc1sc(N2CCCCC2)nc1C=O. The van der Waals surface area contributed by atoms with E-state index in [1.807, 2.05) is 6.92 Å². The maximum absolute atomic E-state index is 10.6. The predicted molar refractivity (Wildman–Crippen MR) is 58.3 cm³/mol. The van der Waals surface area contributed by atoms with E-state index in [2.05, 4.69) is 9.88 Å². The lowest BCUT2D eigenvalue weighted by Crippen LogP contribution is -2.29. The van der Waals surface area contributed by atoms with E-state index in [9.17, 15) is 4.79 Å². The fourth-order valence-corrected chi connectivity index (χ4v) is 2.65. The van der Waals surface area contributed by atoms with E-state index < -0.39 is 0 Å². The minimum atomic E-state index is 0.607. The number of thiazole rings is 1. The highest BCUT2D eigenvalue weighted by Gasteiger charge is 2.15. The van der Waals surface area contributed by atoms with Crippen LogP contribution < -0.4 is 4.90 Å². The van der Waals surface area contributed by atoms with Crippen molar-refractivity contribution in [2.45, 2.75) is 26.2 Å². The number of aryl methyl sites for hydroxylation is 1. The molecule has 0 spiro atoms. The molecule has 1 aliphatic rings. The van der Waals surface area contributed by atoms with Crippen LogP contribution in [0.1, 0.15) is 34.6 Å². The topological polar surface area (TPSA) is 33.2 Å². The van der Waals surface area contributed by atoms with Crippen molar-refractivity contribution in [3.8, 4) is 0 Å². The van der Waals surface area contributed by atoms with Crippen molar-refractivity contribution in [1.82, 2.24) is 4.98 Å². The standard InChI is InChI=1S/C10H14N2OS/c1-8-9(7-13)11-10(14-8)12-5-3-2-4-6-12/h7H,2-6H2,1H3. The number of piperidine rings is 1. The van der Waals surface area contributed by atoms with Crippen LogP contribution >= 0.6 is 11.3 Å². The van der Waals surface area contributed by atoms with Crippen molar-refractivity contribution in [3.05, 3.63) is 10.6 Å². The third-order valence-electron chi connectivity index (χ3n) is 2.56. The van der Waals surface area contributed by atoms with Crippen molar-refractivity contribution < 1.29 is 4.79 Å². The van der Waals surface area contributed by atoms with Gasteiger partial charge in [-0.3, -0.25) is 4.79 Å². The van der Waals surface area contributed by atoms with Crippen LogP contribution in [0.3, 0.4) is 0 Å². The number of carbonyl (C=O) groups is 1. The predicted octanol–water partition coefficient (Wildman–Crippen LogP) is 2.25. The van der Waals surface area contributed by atoms with Gasteiger partial charge in [-0.05, 0) is 26.2 Å². The minimum absolute atomic E-state index is 0.607. The molecule has 0 aromatic carbocycles. The van der Waals surface area contributed by atoms with Crippen molar-refractivity contribution in [2.24, 2.45) is 0 Å². The second-order valence-corrected chi connectivity index (χ2v) is 4.79. The molecule has 1 aromatic heterocycles. The van der Waals surface area contributed by atoms with Crippen LogP contribution in [0, 0.1) is 6.92 Å². The molecule has 0 bridgehead atoms. The summed E-state index contributed by atoms with van der Waals surface area (Å²) >= 11 is 1.63. The molecule has 2 heterocycles. The fraction of sp³-hybridized carbons (Fsp3) is 0.600. The highest BCUT2D eigenvalue weighted by atomic mass is 32.1. The van der Waals surface area contributed by atoms with Gasteiger partial charge in [-0.25, -0.2) is 4.98 Å². The second-order valence-electron chi connectivity index (χ2n) is 3.60. The molecule has 1 saturated heterocycles. The van der Waals surface area contributed by atoms with Crippen molar-refractivity contribution >= 4 is 22.8 Å². The molecule has 0 unspecified atom stereocenters. The van der Waals surface area contributed by atoms with Gasteiger partial charge in [0, 0.05) is 18.0 Å². The number of aldehydes is 1. The van der Waals surface area contributed by atoms with E-state index in [4.69, 9.17) is 0 Å². The van der Waals surface area contributed by atoms with Gasteiger partial charge in [-0.15, -0.1) is 11.3 Å². The first-order valence-corrected chi connectivity index (χ1v) is 5.80. The lowest BCUT2D eigenvalue weighted by atomic mass is 10.1. The molecule has 0 atom stereocenters. The Labute approximate surface area is 87.8 Å². The Kier molecular flexibility index (Phi) is 2.82. The molecular formula is C10H14N2OS. The van der Waals surface area contributed by atoms with Gasteiger partial charge in [0.2, 0.25) is 0 Å². The molecule has 0 radical (unpaired) electrons. The molecule has 3 nitrogen and oxygen atoms in total. The maximum atomic E-state index is 10.6. The summed E-state index contributed by atoms with van der Waals surface area (Å²) in [6.45, 7) is 4.13. The molecule has 1 fully saturated rings. The summed E-state index contributed by atoms with van der Waals surface area (Å²) < 4.78 is 0. The van der Waals surface area contributed by atoms with Gasteiger partial charge < -0.3 is 4.90 Å². The zero-order valence-corrected chi connectivity index (χ0v) is 9.14. The van der Waals surface area contributed by atoms with Gasteiger partial charge >= 0.3 is 0 Å². The highest BCUT2D eigenvalue weighted by Crippen LogP contribution is 2.26. The number of hydrogen-bond acceptors (Lipinski definition) is 4. The van der Waals surface area contributed by atoms with Crippen molar-refractivity contribution in [3.63, 3.8) is 0 Å². The lowest BCUT2D eigenvalue weighted by molar-refractivity contribution is 0.111. The smallest absolute Gasteiger partial charge is 0.186 e. The Morgan fingerprint density at radius 1 is 1.36 bits per heavy atom. The molecule has 0 N–H and O–H groups in total. The van der Waals surface area contributed by atoms with E-state index >= 15 is 0 Å². The van der Waals surface area contributed by atoms with Crippen LogP contribution in [0.25, 0.3) is 0 Å². The van der Waals surface area contributed by atoms with E-state index in [1.165, 1.54) is 19.3 Å². The Hall–Kier alpha value is -0.900. The Bertz CT molecular complexity index is 329. The van der Waals surface area contributed by atoms with Crippen LogP contribution in [0.5, 0.6) is 0 Å².